The van der Waals surface area contributed by atoms with E-state index < -0.39 is 0 Å². The number of pyridine rings is 1. The van der Waals surface area contributed by atoms with Crippen molar-refractivity contribution in [1.82, 2.24) is 9.38 Å². The van der Waals surface area contributed by atoms with Crippen molar-refractivity contribution < 1.29 is 9.53 Å². The molecular formula is C22H18ClN3O2. The molecule has 0 atom stereocenters. The van der Waals surface area contributed by atoms with Gasteiger partial charge in [0.05, 0.1) is 11.4 Å². The third-order valence-electron chi connectivity index (χ3n) is 4.40. The van der Waals surface area contributed by atoms with Crippen LogP contribution in [-0.2, 0) is 0 Å². The number of aryl methyl sites for hydroxylation is 2. The molecule has 0 aliphatic carbocycles. The van der Waals surface area contributed by atoms with E-state index in [1.807, 2.05) is 62.5 Å². The Morgan fingerprint density at radius 1 is 1.07 bits per heavy atom. The highest BCUT2D eigenvalue weighted by Crippen LogP contribution is 2.32. The molecule has 0 radical (unpaired) electrons. The first-order valence-electron chi connectivity index (χ1n) is 8.81. The number of imidazole rings is 1. The number of nitrogens with one attached hydrogen (secondary N) is 1. The Bertz CT molecular complexity index is 1170. The van der Waals surface area contributed by atoms with Crippen LogP contribution in [0, 0.1) is 13.8 Å². The molecule has 2 heterocycles. The van der Waals surface area contributed by atoms with Gasteiger partial charge in [0.1, 0.15) is 17.1 Å². The van der Waals surface area contributed by atoms with E-state index in [1.165, 1.54) is 0 Å². The van der Waals surface area contributed by atoms with Gasteiger partial charge >= 0.3 is 0 Å². The van der Waals surface area contributed by atoms with Crippen molar-refractivity contribution in [3.8, 4) is 11.5 Å². The quantitative estimate of drug-likeness (QED) is 0.489. The number of amides is 1. The number of benzene rings is 2. The Labute approximate surface area is 167 Å². The van der Waals surface area contributed by atoms with E-state index in [1.54, 1.807) is 22.6 Å². The standard InChI is InChI=1S/C22H18ClN3O2/c1-14-7-6-12-26-20(15(2)24-21(14)26)22(27)25-18-13-16(23)10-11-19(18)28-17-8-4-3-5-9-17/h3-13H,1-2H3,(H,25,27). The Kier molecular flexibility index (Phi) is 4.75. The molecule has 0 aliphatic rings. The highest BCUT2D eigenvalue weighted by Gasteiger charge is 2.19. The molecule has 0 aliphatic heterocycles. The lowest BCUT2D eigenvalue weighted by Crippen LogP contribution is -2.16. The summed E-state index contributed by atoms with van der Waals surface area (Å²) in [6.07, 6.45) is 1.83. The van der Waals surface area contributed by atoms with Crippen molar-refractivity contribution >= 4 is 28.8 Å². The molecule has 28 heavy (non-hydrogen) atoms. The van der Waals surface area contributed by atoms with Crippen molar-refractivity contribution in [3.63, 3.8) is 0 Å². The minimum atomic E-state index is -0.282. The minimum absolute atomic E-state index is 0.282. The van der Waals surface area contributed by atoms with Crippen molar-refractivity contribution in [2.24, 2.45) is 0 Å². The third-order valence-corrected chi connectivity index (χ3v) is 4.63. The van der Waals surface area contributed by atoms with Gasteiger partial charge in [-0.2, -0.15) is 0 Å². The molecule has 2 aromatic carbocycles. The van der Waals surface area contributed by atoms with Gasteiger partial charge in [0.25, 0.3) is 5.91 Å². The number of rotatable bonds is 4. The number of carbonyl (C=O) groups excluding carboxylic acids is 1. The average molecular weight is 392 g/mol. The summed E-state index contributed by atoms with van der Waals surface area (Å²) in [5, 5.41) is 3.42. The number of hydrogen-bond acceptors (Lipinski definition) is 3. The topological polar surface area (TPSA) is 55.6 Å². The maximum atomic E-state index is 13.1. The first-order chi connectivity index (χ1) is 13.5. The van der Waals surface area contributed by atoms with E-state index in [9.17, 15) is 4.79 Å². The van der Waals surface area contributed by atoms with E-state index in [0.717, 1.165) is 11.2 Å². The average Bonchev–Trinajstić information content (AvgIpc) is 3.02. The molecule has 140 valence electrons. The van der Waals surface area contributed by atoms with Gasteiger partial charge in [0.15, 0.2) is 5.75 Å². The van der Waals surface area contributed by atoms with Gasteiger partial charge in [-0.3, -0.25) is 9.20 Å². The van der Waals surface area contributed by atoms with E-state index in [-0.39, 0.29) is 5.91 Å². The van der Waals surface area contributed by atoms with Crippen LogP contribution in [0.5, 0.6) is 11.5 Å². The van der Waals surface area contributed by atoms with Gasteiger partial charge < -0.3 is 10.1 Å². The molecule has 0 fully saturated rings. The summed E-state index contributed by atoms with van der Waals surface area (Å²) in [6.45, 7) is 3.78. The molecule has 4 aromatic rings. The zero-order chi connectivity index (χ0) is 19.7. The monoisotopic (exact) mass is 391 g/mol. The van der Waals surface area contributed by atoms with Crippen LogP contribution in [0.25, 0.3) is 5.65 Å². The molecule has 2 aromatic heterocycles. The summed E-state index contributed by atoms with van der Waals surface area (Å²) in [4.78, 5) is 17.6. The van der Waals surface area contributed by atoms with E-state index >= 15 is 0 Å². The fourth-order valence-corrected chi connectivity index (χ4v) is 3.25. The second-order valence-electron chi connectivity index (χ2n) is 6.44. The zero-order valence-corrected chi connectivity index (χ0v) is 16.2. The lowest BCUT2D eigenvalue weighted by Gasteiger charge is -2.13. The van der Waals surface area contributed by atoms with E-state index in [0.29, 0.717) is 33.6 Å². The summed E-state index contributed by atoms with van der Waals surface area (Å²) in [7, 11) is 0. The van der Waals surface area contributed by atoms with Crippen LogP contribution < -0.4 is 10.1 Å². The van der Waals surface area contributed by atoms with E-state index in [4.69, 9.17) is 16.3 Å². The Hall–Kier alpha value is -3.31. The van der Waals surface area contributed by atoms with Crippen LogP contribution in [0.3, 0.4) is 0 Å². The first kappa shape index (κ1) is 18.1. The van der Waals surface area contributed by atoms with Crippen LogP contribution >= 0.6 is 11.6 Å². The zero-order valence-electron chi connectivity index (χ0n) is 15.4. The maximum absolute atomic E-state index is 13.1. The number of aromatic nitrogens is 2. The SMILES string of the molecule is Cc1nc2c(C)cccn2c1C(=O)Nc1cc(Cl)ccc1Oc1ccccc1. The van der Waals surface area contributed by atoms with Crippen molar-refractivity contribution in [2.75, 3.05) is 5.32 Å². The smallest absolute Gasteiger partial charge is 0.274 e. The highest BCUT2D eigenvalue weighted by molar-refractivity contribution is 6.31. The fourth-order valence-electron chi connectivity index (χ4n) is 3.08. The fraction of sp³-hybridized carbons (Fsp3) is 0.0909. The van der Waals surface area contributed by atoms with Crippen LogP contribution in [0.4, 0.5) is 5.69 Å². The molecular weight excluding hydrogens is 374 g/mol. The minimum Gasteiger partial charge on any atom is -0.455 e. The van der Waals surface area contributed by atoms with Gasteiger partial charge in [-0.25, -0.2) is 4.98 Å². The number of fused-ring (bicyclic) bond motifs is 1. The number of anilines is 1. The molecule has 0 saturated heterocycles. The second kappa shape index (κ2) is 7.37. The van der Waals surface area contributed by atoms with Crippen molar-refractivity contribution in [2.45, 2.75) is 13.8 Å². The second-order valence-corrected chi connectivity index (χ2v) is 6.88. The lowest BCUT2D eigenvalue weighted by atomic mass is 10.2. The molecule has 6 heteroatoms. The summed E-state index contributed by atoms with van der Waals surface area (Å²) in [6, 6.07) is 18.3. The molecule has 0 saturated carbocycles. The summed E-state index contributed by atoms with van der Waals surface area (Å²) < 4.78 is 7.72. The Balaban J connectivity index is 1.70. The summed E-state index contributed by atoms with van der Waals surface area (Å²) in [5.74, 6) is 0.893. The largest absolute Gasteiger partial charge is 0.455 e. The number of ether oxygens (including phenoxy) is 1. The van der Waals surface area contributed by atoms with Crippen molar-refractivity contribution in [3.05, 3.63) is 88.8 Å². The molecule has 0 spiro atoms. The molecule has 1 amide bonds. The molecule has 5 nitrogen and oxygen atoms in total. The molecule has 0 bridgehead atoms. The van der Waals surface area contributed by atoms with Gasteiger partial charge in [-0.05, 0) is 55.8 Å². The highest BCUT2D eigenvalue weighted by atomic mass is 35.5. The Morgan fingerprint density at radius 2 is 1.86 bits per heavy atom. The first-order valence-corrected chi connectivity index (χ1v) is 9.19. The van der Waals surface area contributed by atoms with Crippen LogP contribution in [-0.4, -0.2) is 15.3 Å². The van der Waals surface area contributed by atoms with Gasteiger partial charge in [0.2, 0.25) is 0 Å². The third kappa shape index (κ3) is 3.44. The van der Waals surface area contributed by atoms with Crippen LogP contribution in [0.15, 0.2) is 66.9 Å². The predicted molar refractivity (Wildman–Crippen MR) is 111 cm³/mol. The number of hydrogen-bond donors (Lipinski definition) is 1. The number of nitrogens with zero attached hydrogens (tertiary/aromatic N) is 2. The molecule has 4 rings (SSSR count). The maximum Gasteiger partial charge on any atom is 0.274 e. The Morgan fingerprint density at radius 3 is 2.64 bits per heavy atom. The number of para-hydroxylation sites is 1. The van der Waals surface area contributed by atoms with Crippen LogP contribution in [0.2, 0.25) is 5.02 Å². The predicted octanol–water partition coefficient (Wildman–Crippen LogP) is 5.65. The lowest BCUT2D eigenvalue weighted by molar-refractivity contribution is 0.102. The van der Waals surface area contributed by atoms with Gasteiger partial charge in [0, 0.05) is 11.2 Å². The summed E-state index contributed by atoms with van der Waals surface area (Å²) >= 11 is 6.15. The van der Waals surface area contributed by atoms with Crippen molar-refractivity contribution in [1.29, 1.82) is 0 Å². The van der Waals surface area contributed by atoms with Gasteiger partial charge in [-0.1, -0.05) is 35.9 Å². The number of halogens is 1. The number of carbonyl (C=O) groups is 1. The summed E-state index contributed by atoms with van der Waals surface area (Å²) in [5.41, 5.74) is 3.38. The molecule has 1 N–H and O–H groups in total. The normalized spacial score (nSPS) is 10.8. The van der Waals surface area contributed by atoms with E-state index in [2.05, 4.69) is 10.3 Å². The molecule has 0 unspecified atom stereocenters. The van der Waals surface area contributed by atoms with Crippen LogP contribution in [0.1, 0.15) is 21.7 Å². The van der Waals surface area contributed by atoms with Gasteiger partial charge in [-0.15, -0.1) is 0 Å².